The molecule has 5 rings (SSSR count). The second-order valence-corrected chi connectivity index (χ2v) is 11.2. The van der Waals surface area contributed by atoms with Gasteiger partial charge in [0.25, 0.3) is 11.8 Å². The lowest BCUT2D eigenvalue weighted by Gasteiger charge is -2.37. The highest BCUT2D eigenvalue weighted by Crippen LogP contribution is 2.30. The molecule has 0 bridgehead atoms. The summed E-state index contributed by atoms with van der Waals surface area (Å²) in [6.07, 6.45) is 3.72. The number of carbonyl (C=O) groups excluding carboxylic acids is 3. The topological polar surface area (TPSA) is 117 Å². The van der Waals surface area contributed by atoms with Gasteiger partial charge >= 0.3 is 0 Å². The molecule has 2 aliphatic rings. The quantitative estimate of drug-likeness (QED) is 0.367. The van der Waals surface area contributed by atoms with Crippen LogP contribution < -0.4 is 26.0 Å². The van der Waals surface area contributed by atoms with Gasteiger partial charge < -0.3 is 30.9 Å². The number of carbonyl (C=O) groups is 3. The summed E-state index contributed by atoms with van der Waals surface area (Å²) in [5, 5.41) is 6.04. The van der Waals surface area contributed by atoms with Gasteiger partial charge in [-0.2, -0.15) is 0 Å². The Hall–Kier alpha value is -4.44. The van der Waals surface area contributed by atoms with Crippen molar-refractivity contribution in [2.24, 2.45) is 5.73 Å². The molecule has 3 aromatic carbocycles. The molecule has 1 heterocycles. The zero-order valence-corrected chi connectivity index (χ0v) is 24.4. The number of nitrogens with one attached hydrogen (secondary N) is 2. The minimum atomic E-state index is -0.431. The van der Waals surface area contributed by atoms with E-state index in [1.165, 1.54) is 24.3 Å². The number of piperazine rings is 1. The third-order valence-corrected chi connectivity index (χ3v) is 8.21. The smallest absolute Gasteiger partial charge is 0.255 e. The Kier molecular flexibility index (Phi) is 9.56. The number of benzene rings is 3. The fraction of sp³-hybridized carbons (Fsp3) is 0.364. The highest BCUT2D eigenvalue weighted by Gasteiger charge is 2.25. The lowest BCUT2D eigenvalue weighted by molar-refractivity contribution is -0.130. The highest BCUT2D eigenvalue weighted by atomic mass is 19.1. The molecule has 0 aromatic heterocycles. The minimum absolute atomic E-state index is 0.0466. The average Bonchev–Trinajstić information content (AvgIpc) is 3.03. The molecule has 4 N–H and O–H groups in total. The zero-order chi connectivity index (χ0) is 30.3. The number of amides is 3. The first-order chi connectivity index (χ1) is 20.8. The van der Waals surface area contributed by atoms with E-state index in [2.05, 4.69) is 15.5 Å². The van der Waals surface area contributed by atoms with Gasteiger partial charge in [-0.15, -0.1) is 0 Å². The molecule has 0 radical (unpaired) electrons. The van der Waals surface area contributed by atoms with Crippen molar-refractivity contribution in [1.29, 1.82) is 0 Å². The van der Waals surface area contributed by atoms with Crippen LogP contribution in [-0.2, 0) is 11.2 Å². The molecule has 0 unspecified atom stereocenters. The number of hydrogen-bond donors (Lipinski definition) is 3. The summed E-state index contributed by atoms with van der Waals surface area (Å²) in [7, 11) is 1.61. The zero-order valence-electron chi connectivity index (χ0n) is 24.4. The lowest BCUT2D eigenvalue weighted by atomic mass is 9.91. The molecule has 43 heavy (non-hydrogen) atoms. The van der Waals surface area contributed by atoms with E-state index >= 15 is 0 Å². The molecule has 226 valence electrons. The number of rotatable bonds is 8. The van der Waals surface area contributed by atoms with Crippen LogP contribution in [0.15, 0.2) is 66.7 Å². The van der Waals surface area contributed by atoms with Gasteiger partial charge in [0.05, 0.1) is 24.9 Å². The van der Waals surface area contributed by atoms with Crippen LogP contribution in [0, 0.1) is 5.82 Å². The van der Waals surface area contributed by atoms with Crippen LogP contribution in [0.4, 0.5) is 15.8 Å². The molecule has 10 heteroatoms. The summed E-state index contributed by atoms with van der Waals surface area (Å²) in [5.41, 5.74) is 8.89. The summed E-state index contributed by atoms with van der Waals surface area (Å²) in [6.45, 7) is 2.15. The molecule has 0 spiro atoms. The molecular formula is C33H38FN5O4. The molecule has 3 aromatic rings. The Morgan fingerprint density at radius 2 is 1.51 bits per heavy atom. The van der Waals surface area contributed by atoms with Crippen molar-refractivity contribution in [1.82, 2.24) is 10.2 Å². The van der Waals surface area contributed by atoms with Crippen LogP contribution in [0.25, 0.3) is 0 Å². The van der Waals surface area contributed by atoms with Crippen LogP contribution in [-0.4, -0.2) is 68.0 Å². The molecule has 1 aliphatic heterocycles. The van der Waals surface area contributed by atoms with Crippen LogP contribution in [0.2, 0.25) is 0 Å². The van der Waals surface area contributed by atoms with Gasteiger partial charge in [-0.25, -0.2) is 4.39 Å². The van der Waals surface area contributed by atoms with Gasteiger partial charge in [0.1, 0.15) is 11.6 Å². The largest absolute Gasteiger partial charge is 0.497 e. The second kappa shape index (κ2) is 13.7. The molecule has 1 saturated carbocycles. The predicted octanol–water partition coefficient (Wildman–Crippen LogP) is 3.98. The Bertz CT molecular complexity index is 1430. The standard InChI is InChI=1S/C33H38FN5O4/c1-43-28-13-2-22(3-14-28)20-31(40)39-18-16-38(17-19-39)30-15-6-24(33(42)36-27-11-9-26(35)10-12-27)21-29(30)37-32(41)23-4-7-25(34)8-5-23/h2-8,13-15,21,26-27H,9-12,16-20,35H2,1H3,(H,36,42)(H,37,41). The van der Waals surface area contributed by atoms with E-state index in [1.807, 2.05) is 35.2 Å². The first-order valence-electron chi connectivity index (χ1n) is 14.7. The number of halogens is 1. The summed E-state index contributed by atoms with van der Waals surface area (Å²) in [6, 6.07) is 18.3. The number of anilines is 2. The molecular weight excluding hydrogens is 549 g/mol. The maximum absolute atomic E-state index is 13.5. The SMILES string of the molecule is COc1ccc(CC(=O)N2CCN(c3ccc(C(=O)NC4CCC(N)CC4)cc3NC(=O)c3ccc(F)cc3)CC2)cc1. The number of hydrogen-bond acceptors (Lipinski definition) is 6. The molecule has 1 aliphatic carbocycles. The molecule has 1 saturated heterocycles. The normalized spacial score (nSPS) is 18.6. The van der Waals surface area contributed by atoms with Gasteiger partial charge in [-0.3, -0.25) is 14.4 Å². The molecule has 0 atom stereocenters. The number of nitrogens with zero attached hydrogens (tertiary/aromatic N) is 2. The van der Waals surface area contributed by atoms with Crippen molar-refractivity contribution in [2.45, 2.75) is 44.2 Å². The van der Waals surface area contributed by atoms with E-state index in [4.69, 9.17) is 10.5 Å². The third-order valence-electron chi connectivity index (χ3n) is 8.21. The van der Waals surface area contributed by atoms with Crippen LogP contribution in [0.1, 0.15) is 52.0 Å². The predicted molar refractivity (Wildman–Crippen MR) is 164 cm³/mol. The van der Waals surface area contributed by atoms with Crippen LogP contribution in [0.3, 0.4) is 0 Å². The van der Waals surface area contributed by atoms with Crippen molar-refractivity contribution >= 4 is 29.1 Å². The van der Waals surface area contributed by atoms with E-state index < -0.39 is 11.7 Å². The fourth-order valence-electron chi connectivity index (χ4n) is 5.61. The summed E-state index contributed by atoms with van der Waals surface area (Å²) < 4.78 is 18.7. The summed E-state index contributed by atoms with van der Waals surface area (Å²) in [5.74, 6) is -0.259. The first kappa shape index (κ1) is 30.0. The Balaban J connectivity index is 1.29. The Morgan fingerprint density at radius 1 is 0.860 bits per heavy atom. The lowest BCUT2D eigenvalue weighted by Crippen LogP contribution is -2.49. The molecule has 3 amide bonds. The van der Waals surface area contributed by atoms with E-state index in [0.717, 1.165) is 42.7 Å². The third kappa shape index (κ3) is 7.70. The van der Waals surface area contributed by atoms with Crippen molar-refractivity contribution in [3.8, 4) is 5.75 Å². The number of methoxy groups -OCH3 is 1. The monoisotopic (exact) mass is 587 g/mol. The first-order valence-corrected chi connectivity index (χ1v) is 14.7. The van der Waals surface area contributed by atoms with Gasteiger partial charge in [0.15, 0.2) is 0 Å². The van der Waals surface area contributed by atoms with Crippen molar-refractivity contribution < 1.29 is 23.5 Å². The summed E-state index contributed by atoms with van der Waals surface area (Å²) in [4.78, 5) is 43.2. The molecule has 9 nitrogen and oxygen atoms in total. The van der Waals surface area contributed by atoms with Crippen LogP contribution in [0.5, 0.6) is 5.75 Å². The van der Waals surface area contributed by atoms with E-state index in [9.17, 15) is 18.8 Å². The minimum Gasteiger partial charge on any atom is -0.497 e. The van der Waals surface area contributed by atoms with Gasteiger partial charge in [0, 0.05) is 49.4 Å². The molecule has 2 fully saturated rings. The van der Waals surface area contributed by atoms with E-state index in [0.29, 0.717) is 49.4 Å². The van der Waals surface area contributed by atoms with Crippen molar-refractivity contribution in [2.75, 3.05) is 43.5 Å². The van der Waals surface area contributed by atoms with Gasteiger partial charge in [-0.05, 0) is 85.8 Å². The van der Waals surface area contributed by atoms with Crippen molar-refractivity contribution in [3.05, 3.63) is 89.2 Å². The van der Waals surface area contributed by atoms with Crippen LogP contribution >= 0.6 is 0 Å². The maximum atomic E-state index is 13.5. The summed E-state index contributed by atoms with van der Waals surface area (Å²) >= 11 is 0. The average molecular weight is 588 g/mol. The Morgan fingerprint density at radius 3 is 2.16 bits per heavy atom. The van der Waals surface area contributed by atoms with Gasteiger partial charge in [-0.1, -0.05) is 12.1 Å². The highest BCUT2D eigenvalue weighted by molar-refractivity contribution is 6.07. The van der Waals surface area contributed by atoms with E-state index in [-0.39, 0.29) is 23.9 Å². The number of ether oxygens (including phenoxy) is 1. The van der Waals surface area contributed by atoms with E-state index in [1.54, 1.807) is 19.2 Å². The van der Waals surface area contributed by atoms with Crippen molar-refractivity contribution in [3.63, 3.8) is 0 Å². The number of nitrogens with two attached hydrogens (primary N) is 1. The maximum Gasteiger partial charge on any atom is 0.255 e. The second-order valence-electron chi connectivity index (χ2n) is 11.2. The Labute approximate surface area is 251 Å². The van der Waals surface area contributed by atoms with Gasteiger partial charge in [0.2, 0.25) is 5.91 Å². The fourth-order valence-corrected chi connectivity index (χ4v) is 5.61.